The molecule has 0 spiro atoms. The quantitative estimate of drug-likeness (QED) is 0.895. The number of anilines is 1. The average molecular weight is 281 g/mol. The average Bonchev–Trinajstić information content (AvgIpc) is 2.24. The topological polar surface area (TPSA) is 56.0 Å². The molecule has 16 heavy (non-hydrogen) atoms. The van der Waals surface area contributed by atoms with Crippen molar-refractivity contribution in [3.05, 3.63) is 28.2 Å². The Morgan fingerprint density at radius 2 is 2.25 bits per heavy atom. The summed E-state index contributed by atoms with van der Waals surface area (Å²) in [6.07, 6.45) is 2.78. The zero-order valence-corrected chi connectivity index (χ0v) is 10.4. The highest BCUT2D eigenvalue weighted by Crippen LogP contribution is 2.32. The number of nitrogens with one attached hydrogen (secondary N) is 1. The number of aliphatic hydroxyl groups is 1. The van der Waals surface area contributed by atoms with Gasteiger partial charge in [-0.3, -0.25) is 0 Å². The van der Waals surface area contributed by atoms with Crippen molar-refractivity contribution in [1.29, 1.82) is 5.26 Å². The van der Waals surface area contributed by atoms with Gasteiger partial charge in [0.25, 0.3) is 0 Å². The molecule has 0 saturated heterocycles. The number of hydrogen-bond donors (Lipinski definition) is 2. The van der Waals surface area contributed by atoms with Crippen molar-refractivity contribution in [2.45, 2.75) is 24.9 Å². The smallest absolute Gasteiger partial charge is 0.101 e. The monoisotopic (exact) mass is 280 g/mol. The van der Waals surface area contributed by atoms with Crippen LogP contribution in [0.3, 0.4) is 0 Å². The highest BCUT2D eigenvalue weighted by Gasteiger charge is 2.34. The van der Waals surface area contributed by atoms with Gasteiger partial charge in [-0.2, -0.15) is 5.26 Å². The second-order valence-corrected chi connectivity index (χ2v) is 5.15. The maximum atomic E-state index is 9.93. The van der Waals surface area contributed by atoms with E-state index in [1.807, 2.05) is 12.1 Å². The summed E-state index contributed by atoms with van der Waals surface area (Å²) in [5, 5.41) is 22.0. The van der Waals surface area contributed by atoms with E-state index >= 15 is 0 Å². The molecule has 2 N–H and O–H groups in total. The van der Waals surface area contributed by atoms with Crippen molar-refractivity contribution < 1.29 is 5.11 Å². The van der Waals surface area contributed by atoms with Gasteiger partial charge in [-0.05, 0) is 37.5 Å². The van der Waals surface area contributed by atoms with Crippen molar-refractivity contribution >= 4 is 21.6 Å². The molecule has 2 rings (SSSR count). The maximum Gasteiger partial charge on any atom is 0.101 e. The molecule has 0 amide bonds. The fourth-order valence-electron chi connectivity index (χ4n) is 1.78. The number of benzene rings is 1. The lowest BCUT2D eigenvalue weighted by molar-refractivity contribution is -0.0201. The van der Waals surface area contributed by atoms with Gasteiger partial charge in [0.2, 0.25) is 0 Å². The Balaban J connectivity index is 2.07. The van der Waals surface area contributed by atoms with E-state index in [0.717, 1.165) is 29.4 Å². The third-order valence-corrected chi connectivity index (χ3v) is 3.49. The molecule has 1 aliphatic rings. The van der Waals surface area contributed by atoms with Gasteiger partial charge in [0.05, 0.1) is 16.9 Å². The van der Waals surface area contributed by atoms with Gasteiger partial charge in [0.15, 0.2) is 0 Å². The zero-order chi connectivity index (χ0) is 11.6. The van der Waals surface area contributed by atoms with Crippen LogP contribution in [0.15, 0.2) is 22.7 Å². The predicted octanol–water partition coefficient (Wildman–Crippen LogP) is 2.65. The third-order valence-electron chi connectivity index (χ3n) is 2.99. The van der Waals surface area contributed by atoms with Gasteiger partial charge < -0.3 is 10.4 Å². The van der Waals surface area contributed by atoms with Crippen molar-refractivity contribution in [1.82, 2.24) is 0 Å². The molecule has 0 heterocycles. The highest BCUT2D eigenvalue weighted by atomic mass is 79.9. The summed E-state index contributed by atoms with van der Waals surface area (Å²) in [5.41, 5.74) is 0.808. The second-order valence-electron chi connectivity index (χ2n) is 4.23. The maximum absolute atomic E-state index is 9.93. The Bertz CT molecular complexity index is 435. The van der Waals surface area contributed by atoms with Gasteiger partial charge in [-0.15, -0.1) is 0 Å². The lowest BCUT2D eigenvalue weighted by Gasteiger charge is -2.36. The first-order valence-corrected chi connectivity index (χ1v) is 6.08. The molecule has 84 valence electrons. The Hall–Kier alpha value is -1.05. The standard InChI is InChI=1S/C12H13BrN2O/c13-10-2-3-11(9(6-10)7-14)15-8-12(16)4-1-5-12/h2-3,6,15-16H,1,4-5,8H2. The molecule has 1 aromatic carbocycles. The Morgan fingerprint density at radius 1 is 1.50 bits per heavy atom. The molecule has 0 unspecified atom stereocenters. The molecular weight excluding hydrogens is 268 g/mol. The zero-order valence-electron chi connectivity index (χ0n) is 8.83. The van der Waals surface area contributed by atoms with Gasteiger partial charge in [-0.1, -0.05) is 15.9 Å². The van der Waals surface area contributed by atoms with Crippen molar-refractivity contribution in [3.63, 3.8) is 0 Å². The van der Waals surface area contributed by atoms with Crippen LogP contribution < -0.4 is 5.32 Å². The van der Waals surface area contributed by atoms with Gasteiger partial charge in [-0.25, -0.2) is 0 Å². The van der Waals surface area contributed by atoms with Crippen molar-refractivity contribution in [2.24, 2.45) is 0 Å². The van der Waals surface area contributed by atoms with Gasteiger partial charge >= 0.3 is 0 Å². The highest BCUT2D eigenvalue weighted by molar-refractivity contribution is 9.10. The normalized spacial score (nSPS) is 17.3. The van der Waals surface area contributed by atoms with Crippen LogP contribution in [0.2, 0.25) is 0 Å². The van der Waals surface area contributed by atoms with Crippen LogP contribution in [0, 0.1) is 11.3 Å². The first kappa shape index (κ1) is 11.4. The summed E-state index contributed by atoms with van der Waals surface area (Å²) in [6.45, 7) is 0.517. The van der Waals surface area contributed by atoms with E-state index in [-0.39, 0.29) is 0 Å². The minimum Gasteiger partial charge on any atom is -0.388 e. The summed E-state index contributed by atoms with van der Waals surface area (Å²) in [7, 11) is 0. The Kier molecular flexibility index (Phi) is 3.17. The number of hydrogen-bond acceptors (Lipinski definition) is 3. The summed E-state index contributed by atoms with van der Waals surface area (Å²) < 4.78 is 0.886. The number of halogens is 1. The Labute approximate surface area is 103 Å². The molecule has 3 nitrogen and oxygen atoms in total. The van der Waals surface area contributed by atoms with E-state index in [0.29, 0.717) is 12.1 Å². The van der Waals surface area contributed by atoms with E-state index in [2.05, 4.69) is 27.3 Å². The van der Waals surface area contributed by atoms with E-state index in [1.54, 1.807) is 6.07 Å². The summed E-state index contributed by atoms with van der Waals surface area (Å²) >= 11 is 3.32. The number of rotatable bonds is 3. The van der Waals surface area contributed by atoms with Crippen LogP contribution in [0.4, 0.5) is 5.69 Å². The third kappa shape index (κ3) is 2.37. The van der Waals surface area contributed by atoms with Crippen molar-refractivity contribution in [2.75, 3.05) is 11.9 Å². The number of nitriles is 1. The van der Waals surface area contributed by atoms with E-state index in [4.69, 9.17) is 5.26 Å². The van der Waals surface area contributed by atoms with Gasteiger partial charge in [0.1, 0.15) is 6.07 Å². The molecule has 0 radical (unpaired) electrons. The van der Waals surface area contributed by atoms with Crippen LogP contribution in [-0.4, -0.2) is 17.3 Å². The molecule has 1 aliphatic carbocycles. The van der Waals surface area contributed by atoms with Crippen LogP contribution in [0.1, 0.15) is 24.8 Å². The largest absolute Gasteiger partial charge is 0.388 e. The van der Waals surface area contributed by atoms with Gasteiger partial charge in [0, 0.05) is 11.0 Å². The molecule has 0 bridgehead atoms. The van der Waals surface area contributed by atoms with E-state index < -0.39 is 5.60 Å². The van der Waals surface area contributed by atoms with Crippen LogP contribution in [0.25, 0.3) is 0 Å². The fraction of sp³-hybridized carbons (Fsp3) is 0.417. The van der Waals surface area contributed by atoms with Crippen LogP contribution in [-0.2, 0) is 0 Å². The molecule has 1 aromatic rings. The summed E-state index contributed by atoms with van der Waals surface area (Å²) in [5.74, 6) is 0. The lowest BCUT2D eigenvalue weighted by atomic mass is 9.80. The number of nitrogens with zero attached hydrogens (tertiary/aromatic N) is 1. The molecule has 0 aromatic heterocycles. The molecule has 0 aliphatic heterocycles. The molecular formula is C12H13BrN2O. The van der Waals surface area contributed by atoms with Crippen LogP contribution in [0.5, 0.6) is 0 Å². The molecule has 0 atom stereocenters. The fourth-order valence-corrected chi connectivity index (χ4v) is 2.15. The Morgan fingerprint density at radius 3 is 2.81 bits per heavy atom. The molecule has 4 heteroatoms. The molecule has 1 saturated carbocycles. The second kappa shape index (κ2) is 4.44. The summed E-state index contributed by atoms with van der Waals surface area (Å²) in [6, 6.07) is 7.64. The SMILES string of the molecule is N#Cc1cc(Br)ccc1NCC1(O)CCC1. The van der Waals surface area contributed by atoms with E-state index in [9.17, 15) is 5.11 Å². The molecule has 1 fully saturated rings. The summed E-state index contributed by atoms with van der Waals surface area (Å²) in [4.78, 5) is 0. The minimum absolute atomic E-state index is 0.517. The minimum atomic E-state index is -0.570. The van der Waals surface area contributed by atoms with Crippen LogP contribution >= 0.6 is 15.9 Å². The van der Waals surface area contributed by atoms with Crippen molar-refractivity contribution in [3.8, 4) is 6.07 Å². The van der Waals surface area contributed by atoms with E-state index in [1.165, 1.54) is 0 Å². The lowest BCUT2D eigenvalue weighted by Crippen LogP contribution is -2.43. The first-order chi connectivity index (χ1) is 7.63. The predicted molar refractivity (Wildman–Crippen MR) is 66.1 cm³/mol. The first-order valence-electron chi connectivity index (χ1n) is 5.29.